The van der Waals surface area contributed by atoms with Crippen LogP contribution in [0.2, 0.25) is 0 Å². The number of carbonyl (C=O) groups excluding carboxylic acids is 2. The van der Waals surface area contributed by atoms with Crippen LogP contribution in [0.5, 0.6) is 0 Å². The van der Waals surface area contributed by atoms with E-state index >= 15 is 0 Å². The molecule has 29 heavy (non-hydrogen) atoms. The van der Waals surface area contributed by atoms with E-state index in [9.17, 15) is 18.0 Å². The maximum atomic E-state index is 12.5. The third-order valence-corrected chi connectivity index (χ3v) is 5.19. The number of benzene rings is 2. The van der Waals surface area contributed by atoms with Gasteiger partial charge in [0.2, 0.25) is 0 Å². The molecular weight excluding hydrogens is 394 g/mol. The molecule has 0 bridgehead atoms. The number of nitrogens with zero attached hydrogens (tertiary/aromatic N) is 2. The number of aryl methyl sites for hydroxylation is 1. The quantitative estimate of drug-likeness (QED) is 0.548. The summed E-state index contributed by atoms with van der Waals surface area (Å²) in [4.78, 5) is 31.8. The van der Waals surface area contributed by atoms with Gasteiger partial charge in [-0.25, -0.2) is 13.4 Å². The zero-order valence-corrected chi connectivity index (χ0v) is 16.1. The van der Waals surface area contributed by atoms with E-state index in [-0.39, 0.29) is 21.8 Å². The van der Waals surface area contributed by atoms with Crippen LogP contribution >= 0.6 is 0 Å². The molecule has 0 saturated heterocycles. The number of carbonyl (C=O) groups is 2. The lowest BCUT2D eigenvalue weighted by molar-refractivity contribution is 0.0843. The maximum absolute atomic E-state index is 12.5. The first-order chi connectivity index (χ1) is 13.8. The van der Waals surface area contributed by atoms with E-state index in [0.29, 0.717) is 0 Å². The Balaban J connectivity index is 1.68. The second kappa shape index (κ2) is 8.48. The molecule has 0 radical (unpaired) electrons. The van der Waals surface area contributed by atoms with Crippen LogP contribution < -0.4 is 15.6 Å². The molecule has 1 aromatic heterocycles. The smallest absolute Gasteiger partial charge is 0.280 e. The molecule has 2 aromatic carbocycles. The predicted molar refractivity (Wildman–Crippen MR) is 105 cm³/mol. The van der Waals surface area contributed by atoms with Gasteiger partial charge in [-0.05, 0) is 37.3 Å². The fourth-order valence-corrected chi connectivity index (χ4v) is 3.37. The molecule has 9 nitrogen and oxygen atoms in total. The monoisotopic (exact) mass is 411 g/mol. The number of aromatic nitrogens is 2. The van der Waals surface area contributed by atoms with E-state index in [4.69, 9.17) is 0 Å². The normalized spacial score (nSPS) is 10.8. The second-order valence-corrected chi connectivity index (χ2v) is 7.68. The summed E-state index contributed by atoms with van der Waals surface area (Å²) in [6.07, 6.45) is 4.01. The number of nitrogens with one attached hydrogen (secondary N) is 3. The van der Waals surface area contributed by atoms with Gasteiger partial charge in [0, 0.05) is 23.6 Å². The Bertz CT molecular complexity index is 1130. The Hall–Kier alpha value is -3.79. The molecule has 0 aliphatic heterocycles. The van der Waals surface area contributed by atoms with E-state index < -0.39 is 21.8 Å². The lowest BCUT2D eigenvalue weighted by Crippen LogP contribution is -2.42. The minimum absolute atomic E-state index is 0.0346. The highest BCUT2D eigenvalue weighted by atomic mass is 32.2. The number of sulfonamides is 1. The van der Waals surface area contributed by atoms with Gasteiger partial charge >= 0.3 is 0 Å². The van der Waals surface area contributed by atoms with Crippen molar-refractivity contribution >= 4 is 27.5 Å². The molecule has 0 unspecified atom stereocenters. The second-order valence-electron chi connectivity index (χ2n) is 6.00. The SMILES string of the molecule is Cc1ccc(S(=O)(=O)Nc2cccc(C(=O)NNC(=O)c3cnccn3)c2)cc1. The molecule has 10 heteroatoms. The number of hydrazine groups is 1. The average Bonchev–Trinajstić information content (AvgIpc) is 2.72. The van der Waals surface area contributed by atoms with Gasteiger partial charge in [0.25, 0.3) is 21.8 Å². The first-order valence-electron chi connectivity index (χ1n) is 8.41. The number of rotatable bonds is 5. The van der Waals surface area contributed by atoms with Crippen LogP contribution in [-0.4, -0.2) is 30.2 Å². The molecule has 0 saturated carbocycles. The van der Waals surface area contributed by atoms with Crippen LogP contribution in [0.15, 0.2) is 72.0 Å². The van der Waals surface area contributed by atoms with Gasteiger partial charge in [-0.3, -0.25) is 30.1 Å². The van der Waals surface area contributed by atoms with Crippen LogP contribution in [0, 0.1) is 6.92 Å². The van der Waals surface area contributed by atoms with Gasteiger partial charge in [0.15, 0.2) is 0 Å². The molecule has 0 aliphatic rings. The highest BCUT2D eigenvalue weighted by Gasteiger charge is 2.15. The van der Waals surface area contributed by atoms with Gasteiger partial charge in [-0.2, -0.15) is 0 Å². The van der Waals surface area contributed by atoms with Crippen LogP contribution in [0.3, 0.4) is 0 Å². The maximum Gasteiger partial charge on any atom is 0.289 e. The van der Waals surface area contributed by atoms with Crippen LogP contribution in [0.4, 0.5) is 5.69 Å². The van der Waals surface area contributed by atoms with E-state index in [2.05, 4.69) is 25.5 Å². The highest BCUT2D eigenvalue weighted by molar-refractivity contribution is 7.92. The Kier molecular flexibility index (Phi) is 5.84. The largest absolute Gasteiger partial charge is 0.289 e. The minimum atomic E-state index is -3.80. The van der Waals surface area contributed by atoms with Crippen molar-refractivity contribution in [2.75, 3.05) is 4.72 Å². The van der Waals surface area contributed by atoms with Crippen molar-refractivity contribution in [3.8, 4) is 0 Å². The van der Waals surface area contributed by atoms with E-state index in [0.717, 1.165) is 5.56 Å². The number of hydrogen-bond donors (Lipinski definition) is 3. The van der Waals surface area contributed by atoms with E-state index in [1.807, 2.05) is 6.92 Å². The molecule has 3 aromatic rings. The van der Waals surface area contributed by atoms with Crippen molar-refractivity contribution in [2.45, 2.75) is 11.8 Å². The summed E-state index contributed by atoms with van der Waals surface area (Å²) >= 11 is 0. The topological polar surface area (TPSA) is 130 Å². The summed E-state index contributed by atoms with van der Waals surface area (Å²) in [7, 11) is -3.80. The first-order valence-corrected chi connectivity index (χ1v) is 9.90. The lowest BCUT2D eigenvalue weighted by Gasteiger charge is -2.10. The van der Waals surface area contributed by atoms with Crippen molar-refractivity contribution in [1.82, 2.24) is 20.8 Å². The third-order valence-electron chi connectivity index (χ3n) is 3.79. The van der Waals surface area contributed by atoms with E-state index in [1.54, 1.807) is 12.1 Å². The number of anilines is 1. The first kappa shape index (κ1) is 20.0. The van der Waals surface area contributed by atoms with Crippen molar-refractivity contribution < 1.29 is 18.0 Å². The van der Waals surface area contributed by atoms with Gasteiger partial charge in [0.05, 0.1) is 11.1 Å². The third kappa shape index (κ3) is 5.14. The van der Waals surface area contributed by atoms with Crippen LogP contribution in [0.1, 0.15) is 26.4 Å². The summed E-state index contributed by atoms with van der Waals surface area (Å²) in [5.41, 5.74) is 5.78. The van der Waals surface area contributed by atoms with Crippen molar-refractivity contribution in [2.24, 2.45) is 0 Å². The van der Waals surface area contributed by atoms with Gasteiger partial charge < -0.3 is 0 Å². The molecule has 0 atom stereocenters. The molecule has 0 spiro atoms. The number of amides is 2. The fraction of sp³-hybridized carbons (Fsp3) is 0.0526. The summed E-state index contributed by atoms with van der Waals surface area (Å²) < 4.78 is 27.4. The molecule has 1 heterocycles. The Labute approximate surface area is 167 Å². The Morgan fingerprint density at radius 1 is 0.931 bits per heavy atom. The predicted octanol–water partition coefficient (Wildman–Crippen LogP) is 1.66. The summed E-state index contributed by atoms with van der Waals surface area (Å²) in [6, 6.07) is 12.2. The molecule has 148 valence electrons. The number of hydrogen-bond acceptors (Lipinski definition) is 6. The summed E-state index contributed by atoms with van der Waals surface area (Å²) in [5.74, 6) is -1.26. The standard InChI is InChI=1S/C19H17N5O4S/c1-13-5-7-16(8-6-13)29(27,28)24-15-4-2-3-14(11-15)18(25)22-23-19(26)17-12-20-9-10-21-17/h2-12,24H,1H3,(H,22,25)(H,23,26). The zero-order chi connectivity index (χ0) is 20.9. The van der Waals surface area contributed by atoms with Crippen molar-refractivity contribution in [3.05, 3.63) is 83.9 Å². The average molecular weight is 411 g/mol. The van der Waals surface area contributed by atoms with Crippen molar-refractivity contribution in [1.29, 1.82) is 0 Å². The molecule has 0 aliphatic carbocycles. The molecule has 2 amide bonds. The summed E-state index contributed by atoms with van der Waals surface area (Å²) in [5, 5.41) is 0. The lowest BCUT2D eigenvalue weighted by atomic mass is 10.2. The Morgan fingerprint density at radius 3 is 2.34 bits per heavy atom. The van der Waals surface area contributed by atoms with Gasteiger partial charge in [0.1, 0.15) is 5.69 Å². The van der Waals surface area contributed by atoms with Crippen LogP contribution in [-0.2, 0) is 10.0 Å². The van der Waals surface area contributed by atoms with Gasteiger partial charge in [-0.1, -0.05) is 23.8 Å². The molecule has 3 N–H and O–H groups in total. The summed E-state index contributed by atoms with van der Waals surface area (Å²) in [6.45, 7) is 1.86. The fourth-order valence-electron chi connectivity index (χ4n) is 2.32. The zero-order valence-electron chi connectivity index (χ0n) is 15.3. The highest BCUT2D eigenvalue weighted by Crippen LogP contribution is 2.17. The Morgan fingerprint density at radius 2 is 1.66 bits per heavy atom. The van der Waals surface area contributed by atoms with Gasteiger partial charge in [-0.15, -0.1) is 0 Å². The molecule has 3 rings (SSSR count). The molecular formula is C19H17N5O4S. The van der Waals surface area contributed by atoms with E-state index in [1.165, 1.54) is 55.0 Å². The minimum Gasteiger partial charge on any atom is -0.280 e. The van der Waals surface area contributed by atoms with Crippen molar-refractivity contribution in [3.63, 3.8) is 0 Å². The van der Waals surface area contributed by atoms with Crippen LogP contribution in [0.25, 0.3) is 0 Å². The molecule has 0 fully saturated rings.